The molecule has 3 aromatic heterocycles. The molecule has 1 aliphatic rings. The van der Waals surface area contributed by atoms with E-state index in [1.54, 1.807) is 13.1 Å². The molecule has 1 aliphatic heterocycles. The summed E-state index contributed by atoms with van der Waals surface area (Å²) in [4.78, 5) is 33.4. The van der Waals surface area contributed by atoms with Crippen molar-refractivity contribution in [2.24, 2.45) is 0 Å². The molecule has 3 aromatic rings. The molecule has 0 radical (unpaired) electrons. The number of carbonyl (C=O) groups is 1. The Balaban J connectivity index is 1.44. The van der Waals surface area contributed by atoms with Gasteiger partial charge in [-0.1, -0.05) is 13.0 Å². The van der Waals surface area contributed by atoms with Crippen molar-refractivity contribution in [3.05, 3.63) is 69.4 Å². The molecule has 8 heteroatoms. The number of aryl methyl sites for hydroxylation is 1. The summed E-state index contributed by atoms with van der Waals surface area (Å²) in [5, 5.41) is 10.7. The highest BCUT2D eigenvalue weighted by molar-refractivity contribution is 5.91. The van der Waals surface area contributed by atoms with Gasteiger partial charge >= 0.3 is 0 Å². The summed E-state index contributed by atoms with van der Waals surface area (Å²) >= 11 is 0. The van der Waals surface area contributed by atoms with Gasteiger partial charge < -0.3 is 10.3 Å². The predicted octanol–water partition coefficient (Wildman–Crippen LogP) is 1.92. The number of aromatic amines is 1. The van der Waals surface area contributed by atoms with E-state index in [2.05, 4.69) is 36.5 Å². The number of pyridine rings is 2. The average molecular weight is 404 g/mol. The summed E-state index contributed by atoms with van der Waals surface area (Å²) in [6.07, 6.45) is 5.57. The minimum atomic E-state index is -0.242. The van der Waals surface area contributed by atoms with E-state index < -0.39 is 0 Å². The van der Waals surface area contributed by atoms with Crippen LogP contribution in [0.5, 0.6) is 0 Å². The van der Waals surface area contributed by atoms with Crippen LogP contribution in [-0.4, -0.2) is 51.1 Å². The van der Waals surface area contributed by atoms with Crippen LogP contribution in [-0.2, 0) is 13.0 Å². The molecule has 0 atom stereocenters. The normalized spacial score (nSPS) is 14.5. The number of H-pyrrole nitrogens is 1. The fourth-order valence-electron chi connectivity index (χ4n) is 3.61. The Bertz CT molecular complexity index is 1170. The molecule has 154 valence electrons. The van der Waals surface area contributed by atoms with Gasteiger partial charge in [-0.05, 0) is 48.2 Å². The molecule has 0 unspecified atom stereocenters. The standard InChI is InChI=1S/C22H24N6O2/c1-3-15-11-19-20(25-21(15)29)10-14(12-24-19)13-28-8-6-16(7-9-28)17-4-5-18(27-26-17)22(30)23-2/h4-6,10-12H,3,7-9,13H2,1-2H3,(H,23,30)(H,25,29). The third-order valence-corrected chi connectivity index (χ3v) is 5.36. The summed E-state index contributed by atoms with van der Waals surface area (Å²) < 4.78 is 0. The van der Waals surface area contributed by atoms with Gasteiger partial charge in [-0.2, -0.15) is 5.10 Å². The molecular formula is C22H24N6O2. The molecule has 8 nitrogen and oxygen atoms in total. The Morgan fingerprint density at radius 2 is 2.13 bits per heavy atom. The van der Waals surface area contributed by atoms with Gasteiger partial charge in [0.1, 0.15) is 0 Å². The largest absolute Gasteiger partial charge is 0.354 e. The third-order valence-electron chi connectivity index (χ3n) is 5.36. The number of rotatable bonds is 5. The first-order valence-electron chi connectivity index (χ1n) is 10.1. The van der Waals surface area contributed by atoms with E-state index in [0.29, 0.717) is 12.1 Å². The lowest BCUT2D eigenvalue weighted by atomic mass is 10.0. The molecule has 0 spiro atoms. The first-order valence-corrected chi connectivity index (χ1v) is 10.1. The maximum Gasteiger partial charge on any atom is 0.271 e. The van der Waals surface area contributed by atoms with Gasteiger partial charge in [0.05, 0.1) is 16.7 Å². The summed E-state index contributed by atoms with van der Waals surface area (Å²) in [6.45, 7) is 4.39. The zero-order chi connectivity index (χ0) is 21.1. The number of fused-ring (bicyclic) bond motifs is 1. The van der Waals surface area contributed by atoms with Gasteiger partial charge in [0.15, 0.2) is 5.69 Å². The van der Waals surface area contributed by atoms with Crippen molar-refractivity contribution in [3.8, 4) is 0 Å². The average Bonchev–Trinajstić information content (AvgIpc) is 2.78. The molecule has 4 heterocycles. The van der Waals surface area contributed by atoms with Gasteiger partial charge in [-0.25, -0.2) is 0 Å². The van der Waals surface area contributed by atoms with Crippen LogP contribution in [0.15, 0.2) is 41.3 Å². The lowest BCUT2D eigenvalue weighted by Crippen LogP contribution is -2.28. The predicted molar refractivity (Wildman–Crippen MR) is 115 cm³/mol. The molecule has 0 aliphatic carbocycles. The molecule has 2 N–H and O–H groups in total. The Kier molecular flexibility index (Phi) is 5.67. The zero-order valence-corrected chi connectivity index (χ0v) is 17.1. The lowest BCUT2D eigenvalue weighted by Gasteiger charge is -2.26. The van der Waals surface area contributed by atoms with Crippen LogP contribution in [0, 0.1) is 0 Å². The molecule has 4 rings (SSSR count). The van der Waals surface area contributed by atoms with E-state index in [1.807, 2.05) is 31.3 Å². The number of nitrogens with zero attached hydrogens (tertiary/aromatic N) is 4. The molecule has 0 fully saturated rings. The number of nitrogens with one attached hydrogen (secondary N) is 2. The van der Waals surface area contributed by atoms with Crippen LogP contribution in [0.25, 0.3) is 16.6 Å². The van der Waals surface area contributed by atoms with E-state index in [-0.39, 0.29) is 11.5 Å². The molecule has 0 aromatic carbocycles. The van der Waals surface area contributed by atoms with Crippen LogP contribution in [0.4, 0.5) is 0 Å². The molecule has 1 amide bonds. The Hall–Kier alpha value is -3.39. The summed E-state index contributed by atoms with van der Waals surface area (Å²) in [7, 11) is 1.57. The number of carbonyl (C=O) groups excluding carboxylic acids is 1. The number of hydrogen-bond donors (Lipinski definition) is 2. The smallest absolute Gasteiger partial charge is 0.271 e. The second kappa shape index (κ2) is 8.54. The van der Waals surface area contributed by atoms with Crippen LogP contribution >= 0.6 is 0 Å². The molecule has 0 bridgehead atoms. The summed E-state index contributed by atoms with van der Waals surface area (Å²) in [6, 6.07) is 7.41. The monoisotopic (exact) mass is 404 g/mol. The number of hydrogen-bond acceptors (Lipinski definition) is 6. The second-order valence-electron chi connectivity index (χ2n) is 7.35. The Morgan fingerprint density at radius 1 is 1.27 bits per heavy atom. The van der Waals surface area contributed by atoms with Crippen molar-refractivity contribution in [2.45, 2.75) is 26.3 Å². The van der Waals surface area contributed by atoms with Crippen LogP contribution in [0.2, 0.25) is 0 Å². The Morgan fingerprint density at radius 3 is 2.80 bits per heavy atom. The zero-order valence-electron chi connectivity index (χ0n) is 17.1. The first-order chi connectivity index (χ1) is 14.6. The van der Waals surface area contributed by atoms with Crippen LogP contribution in [0.1, 0.15) is 40.7 Å². The summed E-state index contributed by atoms with van der Waals surface area (Å²) in [5.74, 6) is -0.242. The fraction of sp³-hybridized carbons (Fsp3) is 0.318. The SMILES string of the molecule is CCc1cc2ncc(CN3CC=C(c4ccc(C(=O)NC)nn4)CC3)cc2[nH]c1=O. The van der Waals surface area contributed by atoms with E-state index in [9.17, 15) is 9.59 Å². The maximum atomic E-state index is 12.1. The molecular weight excluding hydrogens is 380 g/mol. The van der Waals surface area contributed by atoms with Crippen molar-refractivity contribution in [1.29, 1.82) is 0 Å². The van der Waals surface area contributed by atoms with Crippen molar-refractivity contribution in [1.82, 2.24) is 30.4 Å². The third kappa shape index (κ3) is 4.13. The number of aromatic nitrogens is 4. The highest BCUT2D eigenvalue weighted by atomic mass is 16.1. The van der Waals surface area contributed by atoms with Gasteiger partial charge in [0.2, 0.25) is 0 Å². The number of amides is 1. The first kappa shape index (κ1) is 19.9. The highest BCUT2D eigenvalue weighted by Crippen LogP contribution is 2.22. The van der Waals surface area contributed by atoms with Gasteiger partial charge in [-0.3, -0.25) is 19.5 Å². The maximum absolute atomic E-state index is 12.1. The summed E-state index contributed by atoms with van der Waals surface area (Å²) in [5.41, 5.74) is 5.61. The Labute approximate surface area is 174 Å². The van der Waals surface area contributed by atoms with E-state index in [0.717, 1.165) is 59.5 Å². The minimum Gasteiger partial charge on any atom is -0.354 e. The van der Waals surface area contributed by atoms with E-state index in [4.69, 9.17) is 0 Å². The van der Waals surface area contributed by atoms with Crippen LogP contribution in [0.3, 0.4) is 0 Å². The van der Waals surface area contributed by atoms with Gasteiger partial charge in [-0.15, -0.1) is 5.10 Å². The lowest BCUT2D eigenvalue weighted by molar-refractivity contribution is 0.0957. The van der Waals surface area contributed by atoms with Crippen molar-refractivity contribution in [2.75, 3.05) is 20.1 Å². The molecule has 0 saturated carbocycles. The fourth-order valence-corrected chi connectivity index (χ4v) is 3.61. The van der Waals surface area contributed by atoms with Crippen molar-refractivity contribution in [3.63, 3.8) is 0 Å². The minimum absolute atomic E-state index is 0.0435. The molecule has 30 heavy (non-hydrogen) atoms. The van der Waals surface area contributed by atoms with Crippen molar-refractivity contribution >= 4 is 22.5 Å². The van der Waals surface area contributed by atoms with Gasteiger partial charge in [0, 0.05) is 38.4 Å². The van der Waals surface area contributed by atoms with Crippen molar-refractivity contribution < 1.29 is 4.79 Å². The molecule has 0 saturated heterocycles. The highest BCUT2D eigenvalue weighted by Gasteiger charge is 2.16. The quantitative estimate of drug-likeness (QED) is 0.673. The van der Waals surface area contributed by atoms with E-state index >= 15 is 0 Å². The topological polar surface area (TPSA) is 104 Å². The van der Waals surface area contributed by atoms with Gasteiger partial charge in [0.25, 0.3) is 11.5 Å². The van der Waals surface area contributed by atoms with Crippen LogP contribution < -0.4 is 10.9 Å². The van der Waals surface area contributed by atoms with E-state index in [1.165, 1.54) is 0 Å². The second-order valence-corrected chi connectivity index (χ2v) is 7.35.